The fourth-order valence-corrected chi connectivity index (χ4v) is 1.91. The van der Waals surface area contributed by atoms with Crippen LogP contribution in [0.4, 0.5) is 0 Å². The molecule has 0 fully saturated rings. The van der Waals surface area contributed by atoms with E-state index in [1.54, 1.807) is 6.92 Å². The number of esters is 2. The van der Waals surface area contributed by atoms with Crippen molar-refractivity contribution in [3.05, 3.63) is 35.3 Å². The molecular weight excluding hydrogens is 248 g/mol. The molecule has 2 aliphatic rings. The van der Waals surface area contributed by atoms with Gasteiger partial charge in [-0.25, -0.2) is 9.59 Å². The second-order valence-electron chi connectivity index (χ2n) is 4.15. The van der Waals surface area contributed by atoms with E-state index in [0.717, 1.165) is 6.42 Å². The summed E-state index contributed by atoms with van der Waals surface area (Å²) in [7, 11) is 0. The van der Waals surface area contributed by atoms with Crippen molar-refractivity contribution in [1.29, 1.82) is 0 Å². The molecule has 1 atom stereocenters. The maximum absolute atomic E-state index is 11.7. The van der Waals surface area contributed by atoms with Gasteiger partial charge in [0, 0.05) is 5.57 Å². The molecule has 1 unspecified atom stereocenters. The Kier molecular flexibility index (Phi) is 4.04. The minimum absolute atomic E-state index is 0.137. The fourth-order valence-electron chi connectivity index (χ4n) is 1.91. The molecule has 0 bridgehead atoms. The van der Waals surface area contributed by atoms with Crippen molar-refractivity contribution < 1.29 is 23.8 Å². The first-order valence-electron chi connectivity index (χ1n) is 6.33. The van der Waals surface area contributed by atoms with Crippen molar-refractivity contribution in [3.8, 4) is 0 Å². The van der Waals surface area contributed by atoms with Crippen molar-refractivity contribution in [3.63, 3.8) is 0 Å². The van der Waals surface area contributed by atoms with Crippen LogP contribution in [0.25, 0.3) is 0 Å². The van der Waals surface area contributed by atoms with E-state index in [4.69, 9.17) is 14.2 Å². The Morgan fingerprint density at radius 2 is 2.32 bits per heavy atom. The largest absolute Gasteiger partial charge is 0.479 e. The van der Waals surface area contributed by atoms with Crippen LogP contribution >= 0.6 is 0 Å². The highest BCUT2D eigenvalue weighted by molar-refractivity contribution is 5.95. The first-order chi connectivity index (χ1) is 9.15. The summed E-state index contributed by atoms with van der Waals surface area (Å²) in [5.74, 6) is -0.653. The monoisotopic (exact) mass is 264 g/mol. The van der Waals surface area contributed by atoms with Gasteiger partial charge in [-0.05, 0) is 25.8 Å². The van der Waals surface area contributed by atoms with Gasteiger partial charge < -0.3 is 14.2 Å². The molecule has 0 aromatic rings. The van der Waals surface area contributed by atoms with Crippen LogP contribution in [0.15, 0.2) is 35.3 Å². The third-order valence-electron chi connectivity index (χ3n) is 2.84. The molecule has 0 saturated carbocycles. The minimum Gasteiger partial charge on any atom is -0.479 e. The van der Waals surface area contributed by atoms with Gasteiger partial charge in [-0.2, -0.15) is 0 Å². The molecule has 0 spiro atoms. The molecular formula is C14H16O5. The number of carbonyl (C=O) groups excluding carboxylic acids is 2. The van der Waals surface area contributed by atoms with Gasteiger partial charge in [0.15, 0.2) is 0 Å². The van der Waals surface area contributed by atoms with E-state index in [0.29, 0.717) is 12.0 Å². The lowest BCUT2D eigenvalue weighted by Gasteiger charge is -2.11. The lowest BCUT2D eigenvalue weighted by Crippen LogP contribution is -2.11. The van der Waals surface area contributed by atoms with Crippen LogP contribution in [-0.2, 0) is 23.8 Å². The maximum Gasteiger partial charge on any atom is 0.379 e. The van der Waals surface area contributed by atoms with Gasteiger partial charge in [0.05, 0.1) is 12.7 Å². The van der Waals surface area contributed by atoms with Gasteiger partial charge in [0.1, 0.15) is 11.9 Å². The van der Waals surface area contributed by atoms with Gasteiger partial charge in [-0.3, -0.25) is 0 Å². The Labute approximate surface area is 111 Å². The zero-order valence-electron chi connectivity index (χ0n) is 11.0. The number of ether oxygens (including phenoxy) is 3. The molecule has 0 aromatic carbocycles. The second kappa shape index (κ2) is 5.73. The molecule has 2 aliphatic heterocycles. The fraction of sp³-hybridized carbons (Fsp3) is 0.429. The van der Waals surface area contributed by atoms with E-state index in [1.165, 1.54) is 6.08 Å². The van der Waals surface area contributed by atoms with Crippen LogP contribution in [0.2, 0.25) is 0 Å². The summed E-state index contributed by atoms with van der Waals surface area (Å²) in [6, 6.07) is 0. The van der Waals surface area contributed by atoms with E-state index >= 15 is 0 Å². The third kappa shape index (κ3) is 2.86. The minimum atomic E-state index is -0.548. The second-order valence-corrected chi connectivity index (χ2v) is 4.15. The molecule has 0 radical (unpaired) electrons. The first kappa shape index (κ1) is 13.4. The van der Waals surface area contributed by atoms with E-state index in [9.17, 15) is 9.59 Å². The number of carbonyl (C=O) groups is 2. The standard InChI is InChI=1S/C14H16O5/c1-3-9-6-5-7-10-11(8-12(15)17-4-2)19-14(16)13(10)18-9/h5-6,8-9H,3-4,7H2,1-2H3/b11-8-. The maximum atomic E-state index is 11.7. The third-order valence-corrected chi connectivity index (χ3v) is 2.84. The van der Waals surface area contributed by atoms with Crippen molar-refractivity contribution in [2.24, 2.45) is 0 Å². The molecule has 102 valence electrons. The predicted octanol–water partition coefficient (Wildman–Crippen LogP) is 2.00. The highest BCUT2D eigenvalue weighted by atomic mass is 16.6. The molecule has 2 rings (SSSR count). The van der Waals surface area contributed by atoms with Crippen LogP contribution in [-0.4, -0.2) is 24.6 Å². The van der Waals surface area contributed by atoms with Crippen molar-refractivity contribution in [2.45, 2.75) is 32.8 Å². The predicted molar refractivity (Wildman–Crippen MR) is 66.8 cm³/mol. The SMILES string of the molecule is CCOC(=O)/C=C1\OC(=O)C2=C1CC=CC(CC)O2. The quantitative estimate of drug-likeness (QED) is 0.443. The lowest BCUT2D eigenvalue weighted by molar-refractivity contribution is -0.138. The average Bonchev–Trinajstić information content (AvgIpc) is 2.57. The van der Waals surface area contributed by atoms with Gasteiger partial charge in [-0.15, -0.1) is 0 Å². The van der Waals surface area contributed by atoms with Crippen molar-refractivity contribution >= 4 is 11.9 Å². The highest BCUT2D eigenvalue weighted by Gasteiger charge is 2.34. The Morgan fingerprint density at radius 1 is 1.53 bits per heavy atom. The average molecular weight is 264 g/mol. The van der Waals surface area contributed by atoms with E-state index < -0.39 is 11.9 Å². The highest BCUT2D eigenvalue weighted by Crippen LogP contribution is 2.33. The molecule has 5 heteroatoms. The van der Waals surface area contributed by atoms with E-state index in [-0.39, 0.29) is 24.2 Å². The van der Waals surface area contributed by atoms with E-state index in [2.05, 4.69) is 0 Å². The number of allylic oxidation sites excluding steroid dienone is 2. The summed E-state index contributed by atoms with van der Waals surface area (Å²) in [5, 5.41) is 0. The molecule has 5 nitrogen and oxygen atoms in total. The van der Waals surface area contributed by atoms with Crippen LogP contribution in [0, 0.1) is 0 Å². The summed E-state index contributed by atoms with van der Waals surface area (Å²) >= 11 is 0. The molecule has 0 aliphatic carbocycles. The number of rotatable bonds is 3. The Balaban J connectivity index is 2.26. The molecule has 0 amide bonds. The lowest BCUT2D eigenvalue weighted by atomic mass is 10.1. The van der Waals surface area contributed by atoms with Crippen LogP contribution in [0.3, 0.4) is 0 Å². The Morgan fingerprint density at radius 3 is 3.00 bits per heavy atom. The van der Waals surface area contributed by atoms with Gasteiger partial charge in [0.25, 0.3) is 0 Å². The first-order valence-corrected chi connectivity index (χ1v) is 6.33. The normalized spacial score (nSPS) is 23.8. The van der Waals surface area contributed by atoms with E-state index in [1.807, 2.05) is 19.1 Å². The zero-order chi connectivity index (χ0) is 13.8. The molecule has 2 heterocycles. The van der Waals surface area contributed by atoms with Crippen LogP contribution in [0.1, 0.15) is 26.7 Å². The summed E-state index contributed by atoms with van der Waals surface area (Å²) < 4.78 is 15.5. The molecule has 19 heavy (non-hydrogen) atoms. The smallest absolute Gasteiger partial charge is 0.379 e. The van der Waals surface area contributed by atoms with Crippen molar-refractivity contribution in [2.75, 3.05) is 6.61 Å². The Bertz CT molecular complexity index is 484. The molecule has 0 aromatic heterocycles. The summed E-state index contributed by atoms with van der Waals surface area (Å²) in [5.41, 5.74) is 0.602. The number of hydrogen-bond donors (Lipinski definition) is 0. The van der Waals surface area contributed by atoms with Gasteiger partial charge >= 0.3 is 11.9 Å². The van der Waals surface area contributed by atoms with Crippen molar-refractivity contribution in [1.82, 2.24) is 0 Å². The zero-order valence-corrected chi connectivity index (χ0v) is 11.0. The van der Waals surface area contributed by atoms with Gasteiger partial charge in [-0.1, -0.05) is 13.0 Å². The topological polar surface area (TPSA) is 61.8 Å². The summed E-state index contributed by atoms with van der Waals surface area (Å²) in [6.07, 6.45) is 6.14. The number of hydrogen-bond acceptors (Lipinski definition) is 5. The summed E-state index contributed by atoms with van der Waals surface area (Å²) in [4.78, 5) is 23.2. The molecule has 0 saturated heterocycles. The Hall–Kier alpha value is -2.04. The summed E-state index contributed by atoms with van der Waals surface area (Å²) in [6.45, 7) is 3.96. The molecule has 0 N–H and O–H groups in total. The van der Waals surface area contributed by atoms with Gasteiger partial charge in [0.2, 0.25) is 5.76 Å². The van der Waals surface area contributed by atoms with Crippen LogP contribution < -0.4 is 0 Å². The van der Waals surface area contributed by atoms with Crippen LogP contribution in [0.5, 0.6) is 0 Å². The number of cyclic esters (lactones) is 1.